The van der Waals surface area contributed by atoms with Gasteiger partial charge in [0.2, 0.25) is 23.6 Å². The molecule has 8 bridgehead atoms. The Morgan fingerprint density at radius 1 is 0.852 bits per heavy atom. The number of aryl methyl sites for hydroxylation is 2. The number of fused-ring (bicyclic) bond motifs is 7. The number of aromatic nitrogens is 2. The summed E-state index contributed by atoms with van der Waals surface area (Å²) in [5.41, 5.74) is 21.8. The van der Waals surface area contributed by atoms with Crippen molar-refractivity contribution in [1.29, 1.82) is 0 Å². The van der Waals surface area contributed by atoms with Crippen molar-refractivity contribution >= 4 is 65.6 Å². The highest BCUT2D eigenvalue weighted by Crippen LogP contribution is 2.57. The first-order valence-corrected chi connectivity index (χ1v) is 31.9. The number of aliphatic hydroxyl groups is 2. The standard InChI is InChI=1S/C60H91N12O15P/c1-29-22-40-41(23-30(29)2)72(28-67-40)57-53(80)54(42(27-73)85-57)87-88(81,82)86-31(3)26-66-47(77)16-19-59(8)38(18-21-84-65)52-51-35(17-20-83-64)34(10-13-44(61)74)49(70-51)32(4)56-60(9,25-48(78)79)36(11-14-45(62)75)39(68-56)24-43-58(6,7)37(12-15-46(63)76)50(69-43)33(5)55(59)71-52/h22-24,28,31,33-38,42,50-54,57,68,73,80H,10-21,25-27,64-65H2,1-9H3,(H2,61,74)(H2,62,75)(H2,63,76)(H,66,77)(H,78,79)(H,81,82)/b39-24-,56-32-/t31?,33?,34?,35?,36?,37?,38-,42?,50+,51?,52?,53?,54+,57?,59?,60?/m0/s1. The molecule has 2 aromatic rings. The van der Waals surface area contributed by atoms with Gasteiger partial charge in [0.1, 0.15) is 18.3 Å². The van der Waals surface area contributed by atoms with Crippen LogP contribution in [0.5, 0.6) is 0 Å². The van der Waals surface area contributed by atoms with E-state index in [0.717, 1.165) is 16.8 Å². The molecule has 4 amide bonds. The lowest BCUT2D eigenvalue weighted by Gasteiger charge is -2.40. The number of imidazole rings is 1. The van der Waals surface area contributed by atoms with E-state index in [1.165, 1.54) is 13.3 Å². The van der Waals surface area contributed by atoms with Crippen LogP contribution in [0.25, 0.3) is 11.0 Å². The van der Waals surface area contributed by atoms with E-state index in [1.54, 1.807) is 4.57 Å². The molecule has 0 spiro atoms. The number of hydrogen-bond acceptors (Lipinski definition) is 20. The normalized spacial score (nSPS) is 34.0. The molecule has 1 aromatic carbocycles. The number of carboxylic acids is 1. The summed E-state index contributed by atoms with van der Waals surface area (Å²) in [4.78, 5) is 109. The summed E-state index contributed by atoms with van der Waals surface area (Å²) >= 11 is 0. The molecule has 6 aliphatic heterocycles. The van der Waals surface area contributed by atoms with Gasteiger partial charge in [0.15, 0.2) is 6.23 Å². The van der Waals surface area contributed by atoms with Crippen molar-refractivity contribution in [2.24, 2.45) is 95.7 Å². The third kappa shape index (κ3) is 13.9. The van der Waals surface area contributed by atoms with Crippen LogP contribution in [0.3, 0.4) is 0 Å². The van der Waals surface area contributed by atoms with E-state index in [-0.39, 0.29) is 83.0 Å². The first kappa shape index (κ1) is 68.1. The minimum atomic E-state index is -5.01. The van der Waals surface area contributed by atoms with Gasteiger partial charge in [0, 0.05) is 94.8 Å². The first-order chi connectivity index (χ1) is 41.4. The van der Waals surface area contributed by atoms with Crippen molar-refractivity contribution in [3.63, 3.8) is 0 Å². The highest BCUT2D eigenvalue weighted by molar-refractivity contribution is 7.47. The van der Waals surface area contributed by atoms with Crippen LogP contribution >= 0.6 is 7.82 Å². The molecule has 486 valence electrons. The molecule has 0 radical (unpaired) electrons. The number of nitrogens with two attached hydrogens (primary N) is 5. The van der Waals surface area contributed by atoms with Gasteiger partial charge >= 0.3 is 13.8 Å². The fourth-order valence-electron chi connectivity index (χ4n) is 15.3. The van der Waals surface area contributed by atoms with Crippen LogP contribution in [0.2, 0.25) is 0 Å². The molecular formula is C60H91N12O15P. The van der Waals surface area contributed by atoms with Crippen LogP contribution in [0.1, 0.15) is 136 Å². The number of nitrogens with one attached hydrogen (secondary N) is 2. The number of carbonyl (C=O) groups is 5. The Hall–Kier alpha value is -5.84. The third-order valence-electron chi connectivity index (χ3n) is 20.0. The topological polar surface area (TPSA) is 439 Å². The first-order valence-electron chi connectivity index (χ1n) is 30.4. The van der Waals surface area contributed by atoms with Crippen molar-refractivity contribution in [1.82, 2.24) is 20.2 Å². The number of aliphatic carboxylic acids is 1. The predicted octanol–water partition coefficient (Wildman–Crippen LogP) is 3.52. The zero-order valence-electron chi connectivity index (χ0n) is 51.8. The summed E-state index contributed by atoms with van der Waals surface area (Å²) in [7, 11) is -5.01. The van der Waals surface area contributed by atoms with E-state index in [4.69, 9.17) is 67.4 Å². The summed E-state index contributed by atoms with van der Waals surface area (Å²) in [6, 6.07) is 1.96. The van der Waals surface area contributed by atoms with Crippen LogP contribution in [-0.2, 0) is 52.0 Å². The second kappa shape index (κ2) is 27.3. The van der Waals surface area contributed by atoms with Gasteiger partial charge in [0.05, 0.1) is 67.8 Å². The highest BCUT2D eigenvalue weighted by Gasteiger charge is 2.59. The zero-order chi connectivity index (χ0) is 64.5. The van der Waals surface area contributed by atoms with Crippen molar-refractivity contribution in [2.75, 3.05) is 26.4 Å². The third-order valence-corrected chi connectivity index (χ3v) is 21.1. The van der Waals surface area contributed by atoms with Crippen LogP contribution in [0, 0.1) is 65.6 Å². The highest BCUT2D eigenvalue weighted by atomic mass is 31.2. The van der Waals surface area contributed by atoms with Gasteiger partial charge in [0.25, 0.3) is 0 Å². The molecule has 27 nitrogen and oxygen atoms in total. The number of phosphoric acid groups is 1. The van der Waals surface area contributed by atoms with Crippen molar-refractivity contribution in [3.05, 3.63) is 52.6 Å². The Kier molecular flexibility index (Phi) is 21.1. The van der Waals surface area contributed by atoms with Crippen molar-refractivity contribution in [3.8, 4) is 0 Å². The lowest BCUT2D eigenvalue weighted by Crippen LogP contribution is -2.45. The van der Waals surface area contributed by atoms with E-state index < -0.39 is 133 Å². The summed E-state index contributed by atoms with van der Waals surface area (Å²) in [5, 5.41) is 39.0. The van der Waals surface area contributed by atoms with Crippen LogP contribution in [0.4, 0.5) is 0 Å². The number of rotatable bonds is 28. The molecule has 88 heavy (non-hydrogen) atoms. The van der Waals surface area contributed by atoms with Gasteiger partial charge in [-0.25, -0.2) is 21.3 Å². The molecule has 0 aliphatic carbocycles. The van der Waals surface area contributed by atoms with Crippen LogP contribution < -0.4 is 39.6 Å². The molecule has 6 aliphatic rings. The molecule has 1 aromatic heterocycles. The number of primary amides is 3. The number of ether oxygens (including phenoxy) is 1. The molecule has 2 fully saturated rings. The maximum Gasteiger partial charge on any atom is 0.472 e. The van der Waals surface area contributed by atoms with Crippen LogP contribution in [-0.4, -0.2) is 145 Å². The number of carbonyl (C=O) groups excluding carboxylic acids is 4. The molecule has 28 heteroatoms. The molecule has 8 rings (SSSR count). The number of nitrogens with zero attached hydrogens (tertiary/aromatic N) is 5. The number of allylic oxidation sites excluding steroid dienone is 4. The molecular weight excluding hydrogens is 1160 g/mol. The predicted molar refractivity (Wildman–Crippen MR) is 325 cm³/mol. The number of carboxylic acid groups (broad SMARTS) is 1. The lowest BCUT2D eigenvalue weighted by atomic mass is 9.62. The minimum Gasteiger partial charge on any atom is -0.481 e. The Labute approximate surface area is 512 Å². The summed E-state index contributed by atoms with van der Waals surface area (Å²) in [6.45, 7) is 16.5. The Morgan fingerprint density at radius 2 is 1.50 bits per heavy atom. The smallest absolute Gasteiger partial charge is 0.472 e. The second-order valence-corrected chi connectivity index (χ2v) is 27.5. The molecule has 16 N–H and O–H groups in total. The Bertz CT molecular complexity index is 3200. The number of benzene rings is 1. The summed E-state index contributed by atoms with van der Waals surface area (Å²) in [6.07, 6.45) is -1.85. The molecule has 0 saturated carbocycles. The maximum absolute atomic E-state index is 14.3. The number of amides is 4. The van der Waals surface area contributed by atoms with Crippen molar-refractivity contribution < 1.29 is 72.2 Å². The van der Waals surface area contributed by atoms with E-state index >= 15 is 0 Å². The fraction of sp³-hybridized carbons (Fsp3) is 0.683. The van der Waals surface area contributed by atoms with E-state index in [9.17, 15) is 48.8 Å². The van der Waals surface area contributed by atoms with Gasteiger partial charge in [-0.2, -0.15) is 0 Å². The Balaban J connectivity index is 1.14. The van der Waals surface area contributed by atoms with E-state index in [0.29, 0.717) is 58.7 Å². The van der Waals surface area contributed by atoms with Gasteiger partial charge in [-0.1, -0.05) is 34.6 Å². The quantitative estimate of drug-likeness (QED) is 0.0429. The van der Waals surface area contributed by atoms with Gasteiger partial charge in [-0.15, -0.1) is 0 Å². The maximum atomic E-state index is 14.3. The SMILES string of the molecule is C/C1=C2/N/C(=C\C3=N[C@H](C(C)C4=NC(C5N=C1C(CCC(N)=O)C5CCON)[C@H](CCON)C4(C)CCC(=O)NCC(C)OP(=O)(O)O[C@@H]1C(CO)OC(n4cnc5cc(C)c(C)cc54)C1O)C(CCC(N)=O)C3(C)C)C(CCC(N)=O)C2(C)CC(=O)O. The summed E-state index contributed by atoms with van der Waals surface area (Å²) < 4.78 is 32.3. The molecule has 2 saturated heterocycles. The number of phosphoric ester groups is 1. The number of hydrogen-bond donors (Lipinski definition) is 11. The average Bonchev–Trinajstić information content (AvgIpc) is 1.58. The molecule has 14 unspecified atom stereocenters. The van der Waals surface area contributed by atoms with Crippen molar-refractivity contribution in [2.45, 2.75) is 182 Å². The second-order valence-electron chi connectivity index (χ2n) is 26.1. The van der Waals surface area contributed by atoms with Gasteiger partial charge < -0.3 is 67.0 Å². The monoisotopic (exact) mass is 1250 g/mol. The molecule has 17 atom stereocenters. The molecule has 7 heterocycles. The zero-order valence-corrected chi connectivity index (χ0v) is 52.7. The fourth-order valence-corrected chi connectivity index (χ4v) is 16.5. The number of aliphatic imine (C=N–C) groups is 3. The van der Waals surface area contributed by atoms with E-state index in [2.05, 4.69) is 36.4 Å². The van der Waals surface area contributed by atoms with Gasteiger partial charge in [-0.05, 0) is 119 Å². The summed E-state index contributed by atoms with van der Waals surface area (Å²) in [5.74, 6) is 5.90. The van der Waals surface area contributed by atoms with Gasteiger partial charge in [-0.3, -0.25) is 48.0 Å². The average molecular weight is 1250 g/mol. The van der Waals surface area contributed by atoms with Crippen LogP contribution in [0.15, 0.2) is 56.5 Å². The minimum absolute atomic E-state index is 0.0118. The Morgan fingerprint density at radius 3 is 2.15 bits per heavy atom. The largest absolute Gasteiger partial charge is 0.481 e. The lowest BCUT2D eigenvalue weighted by molar-refractivity contribution is -0.139. The van der Waals surface area contributed by atoms with E-state index in [1.807, 2.05) is 52.8 Å². The number of aliphatic hydroxyl groups excluding tert-OH is 2.